The SMILES string of the molecule is C[C@H]1CCc2c(sc(NC(=O)c3ccc(Cn4cc(Br)cn4)o3)c2C(N)=O)C1. The van der Waals surface area contributed by atoms with Crippen molar-refractivity contribution in [2.45, 2.75) is 32.7 Å². The summed E-state index contributed by atoms with van der Waals surface area (Å²) in [5.74, 6) is 0.436. The van der Waals surface area contributed by atoms with E-state index in [1.54, 1.807) is 23.0 Å². The van der Waals surface area contributed by atoms with Crippen molar-refractivity contribution >= 4 is 44.1 Å². The number of nitrogens with zero attached hydrogens (tertiary/aromatic N) is 2. The second-order valence-electron chi connectivity index (χ2n) is 7.00. The van der Waals surface area contributed by atoms with Gasteiger partial charge in [0.05, 0.1) is 22.8 Å². The van der Waals surface area contributed by atoms with Gasteiger partial charge in [-0.15, -0.1) is 11.3 Å². The largest absolute Gasteiger partial charge is 0.454 e. The number of furan rings is 1. The van der Waals surface area contributed by atoms with E-state index in [4.69, 9.17) is 10.2 Å². The average molecular weight is 463 g/mol. The minimum absolute atomic E-state index is 0.177. The van der Waals surface area contributed by atoms with Gasteiger partial charge in [0.25, 0.3) is 11.8 Å². The topological polar surface area (TPSA) is 103 Å². The van der Waals surface area contributed by atoms with E-state index in [-0.39, 0.29) is 5.76 Å². The number of carbonyl (C=O) groups is 2. The van der Waals surface area contributed by atoms with Crippen LogP contribution in [0.2, 0.25) is 0 Å². The van der Waals surface area contributed by atoms with Crippen LogP contribution >= 0.6 is 27.3 Å². The molecule has 146 valence electrons. The lowest BCUT2D eigenvalue weighted by atomic mass is 9.88. The zero-order valence-corrected chi connectivity index (χ0v) is 17.6. The van der Waals surface area contributed by atoms with Crippen LogP contribution in [0.5, 0.6) is 0 Å². The predicted molar refractivity (Wildman–Crippen MR) is 110 cm³/mol. The Morgan fingerprint density at radius 1 is 1.46 bits per heavy atom. The molecular formula is C19H19BrN4O3S. The number of rotatable bonds is 5. The molecule has 0 aromatic carbocycles. The number of anilines is 1. The molecule has 9 heteroatoms. The summed E-state index contributed by atoms with van der Waals surface area (Å²) in [6.45, 7) is 2.60. The van der Waals surface area contributed by atoms with Gasteiger partial charge in [-0.3, -0.25) is 14.3 Å². The number of halogens is 1. The zero-order valence-electron chi connectivity index (χ0n) is 15.2. The number of aromatic nitrogens is 2. The third-order valence-electron chi connectivity index (χ3n) is 4.79. The number of hydrogen-bond donors (Lipinski definition) is 2. The second-order valence-corrected chi connectivity index (χ2v) is 9.02. The Labute approximate surface area is 174 Å². The molecule has 3 heterocycles. The van der Waals surface area contributed by atoms with Crippen molar-refractivity contribution in [2.24, 2.45) is 11.7 Å². The van der Waals surface area contributed by atoms with Gasteiger partial charge in [0.1, 0.15) is 10.8 Å². The number of nitrogens with one attached hydrogen (secondary N) is 1. The van der Waals surface area contributed by atoms with Gasteiger partial charge in [0.2, 0.25) is 0 Å². The number of amides is 2. The molecular weight excluding hydrogens is 444 g/mol. The molecule has 28 heavy (non-hydrogen) atoms. The van der Waals surface area contributed by atoms with Gasteiger partial charge in [-0.1, -0.05) is 6.92 Å². The lowest BCUT2D eigenvalue weighted by Gasteiger charge is -2.18. The van der Waals surface area contributed by atoms with Gasteiger partial charge >= 0.3 is 0 Å². The first-order valence-electron chi connectivity index (χ1n) is 8.93. The van der Waals surface area contributed by atoms with Gasteiger partial charge in [-0.05, 0) is 58.8 Å². The maximum absolute atomic E-state index is 12.7. The fourth-order valence-corrected chi connectivity index (χ4v) is 5.17. The van der Waals surface area contributed by atoms with Crippen molar-refractivity contribution in [1.29, 1.82) is 0 Å². The van der Waals surface area contributed by atoms with Crippen LogP contribution in [0.25, 0.3) is 0 Å². The highest BCUT2D eigenvalue weighted by atomic mass is 79.9. The van der Waals surface area contributed by atoms with E-state index in [2.05, 4.69) is 33.3 Å². The smallest absolute Gasteiger partial charge is 0.291 e. The fourth-order valence-electron chi connectivity index (χ4n) is 3.43. The Bertz CT molecular complexity index is 1050. The van der Waals surface area contributed by atoms with Crippen LogP contribution in [0.3, 0.4) is 0 Å². The van der Waals surface area contributed by atoms with Crippen LogP contribution in [-0.2, 0) is 19.4 Å². The van der Waals surface area contributed by atoms with Gasteiger partial charge in [0.15, 0.2) is 5.76 Å². The number of carbonyl (C=O) groups excluding carboxylic acids is 2. The lowest BCUT2D eigenvalue weighted by molar-refractivity contribution is 0.0995. The second kappa shape index (κ2) is 7.56. The molecule has 0 aliphatic heterocycles. The molecule has 0 unspecified atom stereocenters. The lowest BCUT2D eigenvalue weighted by Crippen LogP contribution is -2.19. The maximum atomic E-state index is 12.7. The highest BCUT2D eigenvalue weighted by Crippen LogP contribution is 2.39. The van der Waals surface area contributed by atoms with Crippen molar-refractivity contribution in [3.8, 4) is 0 Å². The molecule has 0 saturated heterocycles. The maximum Gasteiger partial charge on any atom is 0.291 e. The Morgan fingerprint density at radius 2 is 2.29 bits per heavy atom. The summed E-state index contributed by atoms with van der Waals surface area (Å²) in [6, 6.07) is 3.35. The average Bonchev–Trinajstić information content (AvgIpc) is 3.33. The minimum Gasteiger partial charge on any atom is -0.454 e. The molecule has 1 atom stereocenters. The van der Waals surface area contributed by atoms with Crippen LogP contribution in [0.1, 0.15) is 50.5 Å². The highest BCUT2D eigenvalue weighted by Gasteiger charge is 2.27. The number of hydrogen-bond acceptors (Lipinski definition) is 5. The summed E-state index contributed by atoms with van der Waals surface area (Å²) < 4.78 is 8.22. The van der Waals surface area contributed by atoms with Crippen LogP contribution in [-0.4, -0.2) is 21.6 Å². The first-order valence-corrected chi connectivity index (χ1v) is 10.5. The summed E-state index contributed by atoms with van der Waals surface area (Å²) in [4.78, 5) is 25.8. The van der Waals surface area contributed by atoms with E-state index < -0.39 is 11.8 Å². The summed E-state index contributed by atoms with van der Waals surface area (Å²) in [6.07, 6.45) is 6.23. The van der Waals surface area contributed by atoms with E-state index in [1.165, 1.54) is 11.3 Å². The van der Waals surface area contributed by atoms with Crippen molar-refractivity contribution < 1.29 is 14.0 Å². The summed E-state index contributed by atoms with van der Waals surface area (Å²) in [5, 5.41) is 7.49. The minimum atomic E-state index is -0.508. The van der Waals surface area contributed by atoms with Gasteiger partial charge in [-0.25, -0.2) is 0 Å². The Hall–Kier alpha value is -2.39. The monoisotopic (exact) mass is 462 g/mol. The number of thiophene rings is 1. The predicted octanol–water partition coefficient (Wildman–Crippen LogP) is 3.82. The molecule has 1 aliphatic carbocycles. The molecule has 3 aromatic rings. The van der Waals surface area contributed by atoms with Gasteiger partial charge in [0, 0.05) is 11.1 Å². The molecule has 0 bridgehead atoms. The van der Waals surface area contributed by atoms with E-state index in [9.17, 15) is 9.59 Å². The first kappa shape index (κ1) is 18.9. The summed E-state index contributed by atoms with van der Waals surface area (Å²) in [7, 11) is 0. The molecule has 0 spiro atoms. The van der Waals surface area contributed by atoms with Gasteiger partial charge < -0.3 is 15.5 Å². The molecule has 3 N–H and O–H groups in total. The zero-order chi connectivity index (χ0) is 19.8. The van der Waals surface area contributed by atoms with Crippen molar-refractivity contribution in [3.63, 3.8) is 0 Å². The molecule has 0 saturated carbocycles. The number of nitrogens with two attached hydrogens (primary N) is 1. The quantitative estimate of drug-likeness (QED) is 0.600. The molecule has 1 aliphatic rings. The first-order chi connectivity index (χ1) is 13.4. The molecule has 4 rings (SSSR count). The standard InChI is InChI=1S/C19H19BrN4O3S/c1-10-2-4-13-15(6-10)28-19(16(13)17(21)25)23-18(26)14-5-3-12(27-14)9-24-8-11(20)7-22-24/h3,5,7-8,10H,2,4,6,9H2,1H3,(H2,21,25)(H,23,26)/t10-/m0/s1. The summed E-state index contributed by atoms with van der Waals surface area (Å²) >= 11 is 4.78. The Balaban J connectivity index is 1.53. The molecule has 7 nitrogen and oxygen atoms in total. The normalized spacial score (nSPS) is 16.0. The summed E-state index contributed by atoms with van der Waals surface area (Å²) in [5.41, 5.74) is 7.02. The van der Waals surface area contributed by atoms with Gasteiger partial charge in [-0.2, -0.15) is 5.10 Å². The highest BCUT2D eigenvalue weighted by molar-refractivity contribution is 9.10. The van der Waals surface area contributed by atoms with E-state index >= 15 is 0 Å². The fraction of sp³-hybridized carbons (Fsp3) is 0.316. The van der Waals surface area contributed by atoms with Crippen LogP contribution in [0.4, 0.5) is 5.00 Å². The van der Waals surface area contributed by atoms with Crippen molar-refractivity contribution in [1.82, 2.24) is 9.78 Å². The molecule has 3 aromatic heterocycles. The molecule has 0 radical (unpaired) electrons. The van der Waals surface area contributed by atoms with E-state index in [0.29, 0.717) is 28.8 Å². The molecule has 0 fully saturated rings. The number of primary amides is 1. The Morgan fingerprint density at radius 3 is 3.00 bits per heavy atom. The van der Waals surface area contributed by atoms with Crippen LogP contribution in [0.15, 0.2) is 33.4 Å². The molecule has 2 amide bonds. The van der Waals surface area contributed by atoms with Crippen molar-refractivity contribution in [2.75, 3.05) is 5.32 Å². The third kappa shape index (κ3) is 3.77. The van der Waals surface area contributed by atoms with Crippen LogP contribution < -0.4 is 11.1 Å². The van der Waals surface area contributed by atoms with E-state index in [1.807, 2.05) is 6.20 Å². The third-order valence-corrected chi connectivity index (χ3v) is 6.37. The van der Waals surface area contributed by atoms with E-state index in [0.717, 1.165) is 34.2 Å². The Kier molecular flexibility index (Phi) is 5.11. The number of fused-ring (bicyclic) bond motifs is 1. The van der Waals surface area contributed by atoms with Crippen LogP contribution in [0, 0.1) is 5.92 Å². The van der Waals surface area contributed by atoms with Crippen molar-refractivity contribution in [3.05, 3.63) is 56.5 Å².